The van der Waals surface area contributed by atoms with Gasteiger partial charge < -0.3 is 9.64 Å². The van der Waals surface area contributed by atoms with Crippen LogP contribution in [-0.2, 0) is 19.3 Å². The average Bonchev–Trinajstić information content (AvgIpc) is 3.38. The molecule has 1 amide bonds. The van der Waals surface area contributed by atoms with Crippen molar-refractivity contribution in [3.05, 3.63) is 64.7 Å². The van der Waals surface area contributed by atoms with Gasteiger partial charge in [-0.2, -0.15) is 23.4 Å². The molecular formula is C24H25F3N6O2. The molecule has 0 fully saturated rings. The summed E-state index contributed by atoms with van der Waals surface area (Å²) in [7, 11) is 3.08. The number of aromatic nitrogens is 5. The number of carbonyl (C=O) groups excluding carboxylic acids is 1. The van der Waals surface area contributed by atoms with Gasteiger partial charge in [-0.15, -0.1) is 0 Å². The van der Waals surface area contributed by atoms with E-state index in [2.05, 4.69) is 15.2 Å². The maximum Gasteiger partial charge on any atom is 0.433 e. The molecule has 0 bridgehead atoms. The predicted octanol–water partition coefficient (Wildman–Crippen LogP) is 4.53. The van der Waals surface area contributed by atoms with Gasteiger partial charge in [0.25, 0.3) is 5.91 Å². The molecule has 1 aromatic carbocycles. The lowest BCUT2D eigenvalue weighted by atomic mass is 10.1. The number of aryl methyl sites for hydroxylation is 2. The number of amides is 1. The smallest absolute Gasteiger partial charge is 0.433 e. The molecule has 3 aromatic heterocycles. The molecule has 0 aliphatic carbocycles. The average molecular weight is 486 g/mol. The Bertz CT molecular complexity index is 1390. The van der Waals surface area contributed by atoms with Crippen LogP contribution in [0.3, 0.4) is 0 Å². The van der Waals surface area contributed by atoms with E-state index in [1.54, 1.807) is 31.3 Å². The van der Waals surface area contributed by atoms with Crippen molar-refractivity contribution < 1.29 is 22.7 Å². The second-order valence-electron chi connectivity index (χ2n) is 8.18. The number of rotatable bonds is 6. The van der Waals surface area contributed by atoms with Crippen LogP contribution in [0.1, 0.15) is 40.1 Å². The quantitative estimate of drug-likeness (QED) is 0.400. The van der Waals surface area contributed by atoms with Gasteiger partial charge in [-0.3, -0.25) is 9.48 Å². The molecule has 4 aromatic rings. The number of hydrogen-bond acceptors (Lipinski definition) is 5. The van der Waals surface area contributed by atoms with Crippen LogP contribution in [0.4, 0.5) is 13.2 Å². The maximum atomic E-state index is 13.9. The Hall–Kier alpha value is -3.89. The molecule has 0 spiro atoms. The highest BCUT2D eigenvalue weighted by molar-refractivity contribution is 5.93. The van der Waals surface area contributed by atoms with Gasteiger partial charge in [0.05, 0.1) is 18.5 Å². The van der Waals surface area contributed by atoms with Crippen LogP contribution in [0.15, 0.2) is 36.4 Å². The van der Waals surface area contributed by atoms with E-state index >= 15 is 0 Å². The van der Waals surface area contributed by atoms with Gasteiger partial charge in [-0.25, -0.2) is 9.50 Å². The predicted molar refractivity (Wildman–Crippen MR) is 123 cm³/mol. The minimum absolute atomic E-state index is 0.0754. The highest BCUT2D eigenvalue weighted by atomic mass is 19.4. The zero-order valence-corrected chi connectivity index (χ0v) is 20.0. The van der Waals surface area contributed by atoms with Crippen molar-refractivity contribution in [3.63, 3.8) is 0 Å². The number of fused-ring (bicyclic) bond motifs is 1. The summed E-state index contributed by atoms with van der Waals surface area (Å²) in [6.07, 6.45) is -4.70. The first-order valence-corrected chi connectivity index (χ1v) is 10.9. The number of halogens is 3. The van der Waals surface area contributed by atoms with Crippen LogP contribution >= 0.6 is 0 Å². The van der Waals surface area contributed by atoms with Crippen LogP contribution in [0.25, 0.3) is 16.9 Å². The van der Waals surface area contributed by atoms with E-state index in [1.807, 2.05) is 25.5 Å². The van der Waals surface area contributed by atoms with Gasteiger partial charge in [0.15, 0.2) is 17.0 Å². The first-order chi connectivity index (χ1) is 16.5. The normalized spacial score (nSPS) is 11.8. The largest absolute Gasteiger partial charge is 0.497 e. The Labute approximate surface area is 199 Å². The lowest BCUT2D eigenvalue weighted by Gasteiger charge is -2.16. The van der Waals surface area contributed by atoms with E-state index in [0.29, 0.717) is 22.4 Å². The third-order valence-electron chi connectivity index (χ3n) is 5.90. The van der Waals surface area contributed by atoms with Crippen LogP contribution in [-0.4, -0.2) is 49.3 Å². The molecule has 0 aliphatic heterocycles. The van der Waals surface area contributed by atoms with Crippen molar-refractivity contribution in [2.24, 2.45) is 0 Å². The Morgan fingerprint density at radius 2 is 1.80 bits per heavy atom. The molecule has 184 valence electrons. The minimum Gasteiger partial charge on any atom is -0.497 e. The molecule has 0 saturated carbocycles. The maximum absolute atomic E-state index is 13.9. The lowest BCUT2D eigenvalue weighted by Crippen LogP contribution is -2.27. The Balaban J connectivity index is 1.72. The molecule has 3 heterocycles. The Morgan fingerprint density at radius 3 is 2.37 bits per heavy atom. The van der Waals surface area contributed by atoms with E-state index in [-0.39, 0.29) is 23.6 Å². The molecule has 35 heavy (non-hydrogen) atoms. The van der Waals surface area contributed by atoms with Gasteiger partial charge in [0, 0.05) is 43.0 Å². The molecule has 0 N–H and O–H groups in total. The fourth-order valence-electron chi connectivity index (χ4n) is 3.97. The summed E-state index contributed by atoms with van der Waals surface area (Å²) in [6.45, 7) is 6.70. The van der Waals surface area contributed by atoms with E-state index < -0.39 is 17.8 Å². The number of benzene rings is 1. The summed E-state index contributed by atoms with van der Waals surface area (Å²) in [4.78, 5) is 18.9. The molecule has 0 aliphatic rings. The summed E-state index contributed by atoms with van der Waals surface area (Å²) in [5.74, 6) is 0.0544. The number of nitrogens with zero attached hydrogens (tertiary/aromatic N) is 6. The topological polar surface area (TPSA) is 77.5 Å². The minimum atomic E-state index is -4.70. The van der Waals surface area contributed by atoms with E-state index in [1.165, 1.54) is 18.1 Å². The van der Waals surface area contributed by atoms with Crippen LogP contribution in [0.2, 0.25) is 0 Å². The molecule has 8 nitrogen and oxygen atoms in total. The first-order valence-electron chi connectivity index (χ1n) is 10.9. The fourth-order valence-corrected chi connectivity index (χ4v) is 3.97. The van der Waals surface area contributed by atoms with Gasteiger partial charge in [-0.05, 0) is 51.1 Å². The second kappa shape index (κ2) is 9.05. The van der Waals surface area contributed by atoms with Crippen molar-refractivity contribution in [1.82, 2.24) is 29.3 Å². The van der Waals surface area contributed by atoms with Gasteiger partial charge in [0.2, 0.25) is 0 Å². The van der Waals surface area contributed by atoms with Gasteiger partial charge in [0.1, 0.15) is 5.75 Å². The monoisotopic (exact) mass is 486 g/mol. The van der Waals surface area contributed by atoms with E-state index in [9.17, 15) is 18.0 Å². The van der Waals surface area contributed by atoms with E-state index in [4.69, 9.17) is 4.74 Å². The van der Waals surface area contributed by atoms with Gasteiger partial charge >= 0.3 is 6.18 Å². The van der Waals surface area contributed by atoms with Crippen LogP contribution in [0.5, 0.6) is 5.75 Å². The summed E-state index contributed by atoms with van der Waals surface area (Å²) in [5, 5.41) is 8.42. The molecular weight excluding hydrogens is 461 g/mol. The number of hydrogen-bond donors (Lipinski definition) is 0. The summed E-state index contributed by atoms with van der Waals surface area (Å²) < 4.78 is 49.3. The third-order valence-corrected chi connectivity index (χ3v) is 5.90. The molecule has 0 atom stereocenters. The molecule has 11 heteroatoms. The summed E-state index contributed by atoms with van der Waals surface area (Å²) in [5.41, 5.74) is 1.98. The summed E-state index contributed by atoms with van der Waals surface area (Å²) in [6, 6.07) is 8.71. The van der Waals surface area contributed by atoms with E-state index in [0.717, 1.165) is 23.0 Å². The second-order valence-corrected chi connectivity index (χ2v) is 8.18. The van der Waals surface area contributed by atoms with Crippen LogP contribution in [0, 0.1) is 13.8 Å². The fraction of sp³-hybridized carbons (Fsp3) is 0.333. The molecule has 0 radical (unpaired) electrons. The molecule has 4 rings (SSSR count). The highest BCUT2D eigenvalue weighted by Crippen LogP contribution is 2.33. The zero-order valence-electron chi connectivity index (χ0n) is 20.0. The number of methoxy groups -OCH3 is 1. The van der Waals surface area contributed by atoms with Crippen molar-refractivity contribution in [2.45, 2.75) is 40.0 Å². The zero-order chi connectivity index (χ0) is 25.5. The van der Waals surface area contributed by atoms with Crippen molar-refractivity contribution in [2.75, 3.05) is 14.2 Å². The number of ether oxygens (including phenoxy) is 1. The highest BCUT2D eigenvalue weighted by Gasteiger charge is 2.36. The SMILES string of the molecule is CCn1nc(C)c(CN(C)C(=O)c2cc3nc(-c4ccc(OC)cc4)cc(C(F)(F)F)n3n2)c1C. The van der Waals surface area contributed by atoms with Crippen molar-refractivity contribution in [1.29, 1.82) is 0 Å². The van der Waals surface area contributed by atoms with Crippen molar-refractivity contribution >= 4 is 11.6 Å². The summed E-state index contributed by atoms with van der Waals surface area (Å²) >= 11 is 0. The third kappa shape index (κ3) is 4.58. The first kappa shape index (κ1) is 24.2. The molecule has 0 saturated heterocycles. The Morgan fingerprint density at radius 1 is 1.11 bits per heavy atom. The van der Waals surface area contributed by atoms with Crippen LogP contribution < -0.4 is 4.74 Å². The standard InChI is InChI=1S/C24H25F3N6O2/c1-6-32-15(3)18(14(2)29-32)13-31(4)23(34)20-12-22-28-19(16-7-9-17(35-5)10-8-16)11-21(24(25,26)27)33(22)30-20/h7-12H,6,13H2,1-5H3. The van der Waals surface area contributed by atoms with Crippen molar-refractivity contribution in [3.8, 4) is 17.0 Å². The number of alkyl halides is 3. The lowest BCUT2D eigenvalue weighted by molar-refractivity contribution is -0.142. The number of carbonyl (C=O) groups is 1. The van der Waals surface area contributed by atoms with Gasteiger partial charge in [-0.1, -0.05) is 0 Å². The Kier molecular flexibility index (Phi) is 6.27. The molecule has 0 unspecified atom stereocenters.